The number of hydrogen-bond acceptors (Lipinski definition) is 5. The summed E-state index contributed by atoms with van der Waals surface area (Å²) >= 11 is 9.52. The first-order valence-electron chi connectivity index (χ1n) is 11.2. The van der Waals surface area contributed by atoms with E-state index in [0.717, 1.165) is 10.5 Å². The average molecular weight is 568 g/mol. The molecule has 0 unspecified atom stereocenters. The zero-order valence-electron chi connectivity index (χ0n) is 19.4. The molecule has 0 aliphatic carbocycles. The number of anilines is 2. The van der Waals surface area contributed by atoms with Crippen molar-refractivity contribution in [2.45, 2.75) is 20.3 Å². The van der Waals surface area contributed by atoms with E-state index in [1.54, 1.807) is 60.4 Å². The first kappa shape index (κ1) is 24.2. The number of imide groups is 1. The highest BCUT2D eigenvalue weighted by Gasteiger charge is 2.39. The summed E-state index contributed by atoms with van der Waals surface area (Å²) in [7, 11) is 0. The molecular formula is C27H20BrClN2O5. The van der Waals surface area contributed by atoms with Crippen molar-refractivity contribution < 1.29 is 23.9 Å². The van der Waals surface area contributed by atoms with Crippen LogP contribution in [0.3, 0.4) is 0 Å². The summed E-state index contributed by atoms with van der Waals surface area (Å²) < 4.78 is 6.28. The van der Waals surface area contributed by atoms with Crippen molar-refractivity contribution in [1.29, 1.82) is 0 Å². The number of nitrogens with zero attached hydrogens (tertiary/aromatic N) is 2. The summed E-state index contributed by atoms with van der Waals surface area (Å²) in [6, 6.07) is 15.0. The number of rotatable bonds is 4. The van der Waals surface area contributed by atoms with Crippen molar-refractivity contribution in [2.24, 2.45) is 5.92 Å². The minimum absolute atomic E-state index is 0.0342. The number of hydrogen-bond donors (Lipinski definition) is 0. The molecule has 2 heterocycles. The molecule has 0 radical (unpaired) electrons. The molecule has 3 aromatic rings. The van der Waals surface area contributed by atoms with E-state index < -0.39 is 23.7 Å². The van der Waals surface area contributed by atoms with Crippen LogP contribution in [0.25, 0.3) is 0 Å². The standard InChI is InChI=1S/C27H20BrClN2O5/c1-14-10-18(7-9-22(14)31-25(33)19-8-6-17(28)12-20(19)26(31)34)36-27(35)16-11-24(32)30(13-16)23-5-3-4-21(29)15(23)2/h3-10,12,16H,11,13H2,1-2H3/t16-/m1/s1. The summed E-state index contributed by atoms with van der Waals surface area (Å²) in [6.45, 7) is 3.75. The Kier molecular flexibility index (Phi) is 6.18. The van der Waals surface area contributed by atoms with Gasteiger partial charge >= 0.3 is 5.97 Å². The lowest BCUT2D eigenvalue weighted by Crippen LogP contribution is -2.30. The molecule has 182 valence electrons. The van der Waals surface area contributed by atoms with Gasteiger partial charge in [-0.25, -0.2) is 4.90 Å². The number of carbonyl (C=O) groups excluding carboxylic acids is 4. The number of aryl methyl sites for hydroxylation is 1. The highest BCUT2D eigenvalue weighted by molar-refractivity contribution is 9.10. The Balaban J connectivity index is 1.32. The topological polar surface area (TPSA) is 84.0 Å². The van der Waals surface area contributed by atoms with Crippen molar-refractivity contribution in [2.75, 3.05) is 16.3 Å². The van der Waals surface area contributed by atoms with Gasteiger partial charge in [-0.1, -0.05) is 33.6 Å². The third kappa shape index (κ3) is 4.10. The molecular weight excluding hydrogens is 548 g/mol. The minimum Gasteiger partial charge on any atom is -0.426 e. The minimum atomic E-state index is -0.634. The molecule has 3 aromatic carbocycles. The van der Waals surface area contributed by atoms with Crippen LogP contribution in [0, 0.1) is 19.8 Å². The van der Waals surface area contributed by atoms with Gasteiger partial charge in [0.2, 0.25) is 5.91 Å². The monoisotopic (exact) mass is 566 g/mol. The van der Waals surface area contributed by atoms with E-state index in [1.807, 2.05) is 6.92 Å². The zero-order valence-corrected chi connectivity index (χ0v) is 21.7. The van der Waals surface area contributed by atoms with Gasteiger partial charge in [0.1, 0.15) is 5.75 Å². The first-order valence-corrected chi connectivity index (χ1v) is 12.4. The third-order valence-electron chi connectivity index (χ3n) is 6.46. The van der Waals surface area contributed by atoms with E-state index in [2.05, 4.69) is 15.9 Å². The van der Waals surface area contributed by atoms with Crippen LogP contribution in [0.2, 0.25) is 5.02 Å². The van der Waals surface area contributed by atoms with E-state index in [9.17, 15) is 19.2 Å². The van der Waals surface area contributed by atoms with Crippen LogP contribution in [0.1, 0.15) is 38.3 Å². The van der Waals surface area contributed by atoms with Gasteiger partial charge in [0.25, 0.3) is 11.8 Å². The SMILES string of the molecule is Cc1cc(OC(=O)[C@@H]2CC(=O)N(c3cccc(Cl)c3C)C2)ccc1N1C(=O)c2ccc(Br)cc2C1=O. The summed E-state index contributed by atoms with van der Waals surface area (Å²) in [4.78, 5) is 54.0. The van der Waals surface area contributed by atoms with E-state index in [-0.39, 0.29) is 24.6 Å². The molecule has 0 bridgehead atoms. The number of fused-ring (bicyclic) bond motifs is 1. The molecule has 5 rings (SSSR count). The normalized spacial score (nSPS) is 17.1. The fourth-order valence-electron chi connectivity index (χ4n) is 4.56. The highest BCUT2D eigenvalue weighted by atomic mass is 79.9. The summed E-state index contributed by atoms with van der Waals surface area (Å²) in [6.07, 6.45) is 0.0342. The van der Waals surface area contributed by atoms with Crippen molar-refractivity contribution in [3.05, 3.63) is 86.3 Å². The van der Waals surface area contributed by atoms with Gasteiger partial charge in [0.15, 0.2) is 0 Å². The van der Waals surface area contributed by atoms with Gasteiger partial charge in [-0.2, -0.15) is 0 Å². The van der Waals surface area contributed by atoms with Crippen molar-refractivity contribution in [1.82, 2.24) is 0 Å². The second-order valence-corrected chi connectivity index (χ2v) is 10.1. The molecule has 2 aliphatic rings. The molecule has 0 N–H and O–H groups in total. The quantitative estimate of drug-likeness (QED) is 0.237. The van der Waals surface area contributed by atoms with Crippen LogP contribution in [-0.4, -0.2) is 30.2 Å². The van der Waals surface area contributed by atoms with Crippen LogP contribution in [0.4, 0.5) is 11.4 Å². The van der Waals surface area contributed by atoms with E-state index in [4.69, 9.17) is 16.3 Å². The summed E-state index contributed by atoms with van der Waals surface area (Å²) in [5.41, 5.74) is 3.12. The van der Waals surface area contributed by atoms with Crippen LogP contribution in [0.15, 0.2) is 59.1 Å². The van der Waals surface area contributed by atoms with E-state index >= 15 is 0 Å². The molecule has 3 amide bonds. The predicted molar refractivity (Wildman–Crippen MR) is 139 cm³/mol. The smallest absolute Gasteiger partial charge is 0.316 e. The molecule has 0 spiro atoms. The molecule has 0 saturated carbocycles. The third-order valence-corrected chi connectivity index (χ3v) is 7.37. The maximum absolute atomic E-state index is 12.9. The predicted octanol–water partition coefficient (Wildman–Crippen LogP) is 5.48. The number of carbonyl (C=O) groups is 4. The van der Waals surface area contributed by atoms with Crippen molar-refractivity contribution >= 4 is 62.6 Å². The van der Waals surface area contributed by atoms with Gasteiger partial charge in [0, 0.05) is 28.1 Å². The fraction of sp³-hybridized carbons (Fsp3) is 0.185. The van der Waals surface area contributed by atoms with Gasteiger partial charge in [0.05, 0.1) is 22.7 Å². The average Bonchev–Trinajstić information content (AvgIpc) is 3.33. The van der Waals surface area contributed by atoms with E-state index in [1.165, 1.54) is 6.07 Å². The highest BCUT2D eigenvalue weighted by Crippen LogP contribution is 2.35. The van der Waals surface area contributed by atoms with Crippen molar-refractivity contribution in [3.63, 3.8) is 0 Å². The molecule has 0 aromatic heterocycles. The van der Waals surface area contributed by atoms with Gasteiger partial charge in [-0.15, -0.1) is 0 Å². The molecule has 1 fully saturated rings. The Hall–Kier alpha value is -3.49. The Morgan fingerprint density at radius 1 is 0.972 bits per heavy atom. The Morgan fingerprint density at radius 2 is 1.72 bits per heavy atom. The summed E-state index contributed by atoms with van der Waals surface area (Å²) in [5.74, 6) is -1.88. The molecule has 2 aliphatic heterocycles. The fourth-order valence-corrected chi connectivity index (χ4v) is 5.09. The lowest BCUT2D eigenvalue weighted by atomic mass is 10.1. The maximum atomic E-state index is 12.9. The van der Waals surface area contributed by atoms with E-state index in [0.29, 0.717) is 37.6 Å². The first-order chi connectivity index (χ1) is 17.2. The second kappa shape index (κ2) is 9.19. The van der Waals surface area contributed by atoms with Crippen LogP contribution in [-0.2, 0) is 9.59 Å². The number of esters is 1. The maximum Gasteiger partial charge on any atom is 0.316 e. The molecule has 1 saturated heterocycles. The number of ether oxygens (including phenoxy) is 1. The molecule has 7 nitrogen and oxygen atoms in total. The van der Waals surface area contributed by atoms with Gasteiger partial charge in [-0.3, -0.25) is 19.2 Å². The molecule has 36 heavy (non-hydrogen) atoms. The second-order valence-electron chi connectivity index (χ2n) is 8.79. The molecule has 9 heteroatoms. The Bertz CT molecular complexity index is 1470. The van der Waals surface area contributed by atoms with Crippen LogP contribution in [0.5, 0.6) is 5.75 Å². The lowest BCUT2D eigenvalue weighted by Gasteiger charge is -2.20. The Labute approximate surface area is 220 Å². The molecule has 1 atom stereocenters. The van der Waals surface area contributed by atoms with Gasteiger partial charge in [-0.05, 0) is 73.5 Å². The zero-order chi connectivity index (χ0) is 25.7. The largest absolute Gasteiger partial charge is 0.426 e. The lowest BCUT2D eigenvalue weighted by molar-refractivity contribution is -0.139. The number of amides is 3. The number of benzene rings is 3. The van der Waals surface area contributed by atoms with Crippen LogP contribution >= 0.6 is 27.5 Å². The Morgan fingerprint density at radius 3 is 2.47 bits per heavy atom. The van der Waals surface area contributed by atoms with Gasteiger partial charge < -0.3 is 9.64 Å². The van der Waals surface area contributed by atoms with Crippen molar-refractivity contribution in [3.8, 4) is 5.75 Å². The number of halogens is 2. The summed E-state index contributed by atoms with van der Waals surface area (Å²) in [5, 5.41) is 0.549. The van der Waals surface area contributed by atoms with Crippen LogP contribution < -0.4 is 14.5 Å².